The topological polar surface area (TPSA) is 64.2 Å². The van der Waals surface area contributed by atoms with Gasteiger partial charge in [-0.15, -0.1) is 0 Å². The molecule has 0 spiro atoms. The van der Waals surface area contributed by atoms with Gasteiger partial charge in [-0.05, 0) is 73.4 Å². The molecule has 6 nitrogen and oxygen atoms in total. The number of aryl methyl sites for hydroxylation is 1. The summed E-state index contributed by atoms with van der Waals surface area (Å²) in [6.07, 6.45) is 6.82. The van der Waals surface area contributed by atoms with Gasteiger partial charge in [0.1, 0.15) is 11.3 Å². The fraction of sp³-hybridized carbons (Fsp3) is 0.240. The van der Waals surface area contributed by atoms with Crippen LogP contribution in [-0.2, 0) is 7.05 Å². The summed E-state index contributed by atoms with van der Waals surface area (Å²) in [6.45, 7) is 0. The zero-order valence-electron chi connectivity index (χ0n) is 17.5. The van der Waals surface area contributed by atoms with Crippen molar-refractivity contribution in [1.82, 2.24) is 19.8 Å². The Labute approximate surface area is 183 Å². The molecular formula is C25H21FN4O2. The quantitative estimate of drug-likeness (QED) is 0.469. The maximum absolute atomic E-state index is 13.6. The smallest absolute Gasteiger partial charge is 0.254 e. The average molecular weight is 428 g/mol. The van der Waals surface area contributed by atoms with Crippen molar-refractivity contribution in [3.8, 4) is 11.3 Å². The summed E-state index contributed by atoms with van der Waals surface area (Å²) >= 11 is 0. The molecule has 7 heteroatoms. The molecule has 2 aliphatic heterocycles. The van der Waals surface area contributed by atoms with Gasteiger partial charge in [-0.2, -0.15) is 5.10 Å². The highest BCUT2D eigenvalue weighted by Crippen LogP contribution is 2.39. The van der Waals surface area contributed by atoms with Crippen molar-refractivity contribution in [2.24, 2.45) is 7.05 Å². The predicted molar refractivity (Wildman–Crippen MR) is 118 cm³/mol. The number of aromatic nitrogens is 3. The highest BCUT2D eigenvalue weighted by molar-refractivity contribution is 6.01. The van der Waals surface area contributed by atoms with Crippen molar-refractivity contribution in [3.05, 3.63) is 77.9 Å². The predicted octanol–water partition coefficient (Wildman–Crippen LogP) is 4.83. The third-order valence-corrected chi connectivity index (χ3v) is 6.61. The molecule has 2 atom stereocenters. The van der Waals surface area contributed by atoms with Gasteiger partial charge in [0.15, 0.2) is 5.76 Å². The average Bonchev–Trinajstić information content (AvgIpc) is 3.49. The van der Waals surface area contributed by atoms with Crippen LogP contribution < -0.4 is 0 Å². The molecule has 0 radical (unpaired) electrons. The van der Waals surface area contributed by atoms with Crippen LogP contribution in [-0.4, -0.2) is 37.8 Å². The first-order valence-electron chi connectivity index (χ1n) is 10.8. The Balaban J connectivity index is 1.34. The van der Waals surface area contributed by atoms with Crippen molar-refractivity contribution in [2.45, 2.75) is 31.3 Å². The fourth-order valence-electron chi connectivity index (χ4n) is 5.06. The van der Waals surface area contributed by atoms with E-state index in [2.05, 4.69) is 16.3 Å². The Morgan fingerprint density at radius 1 is 1.12 bits per heavy atom. The van der Waals surface area contributed by atoms with Gasteiger partial charge in [0.2, 0.25) is 0 Å². The highest BCUT2D eigenvalue weighted by Gasteiger charge is 2.40. The van der Waals surface area contributed by atoms with E-state index in [1.165, 1.54) is 17.7 Å². The molecule has 2 aromatic carbocycles. The SMILES string of the molecule is Cn1nccc1C1=CC2CCC(C1)N2C(=O)c1ccc2noc(-c3ccc(F)cc3)c2c1. The van der Waals surface area contributed by atoms with E-state index in [-0.39, 0.29) is 23.8 Å². The summed E-state index contributed by atoms with van der Waals surface area (Å²) in [7, 11) is 1.95. The molecule has 2 aromatic heterocycles. The molecular weight excluding hydrogens is 407 g/mol. The minimum absolute atomic E-state index is 0.0194. The minimum atomic E-state index is -0.312. The van der Waals surface area contributed by atoms with E-state index >= 15 is 0 Å². The molecule has 2 unspecified atom stereocenters. The van der Waals surface area contributed by atoms with Gasteiger partial charge in [-0.25, -0.2) is 4.39 Å². The zero-order valence-corrected chi connectivity index (χ0v) is 17.5. The molecule has 160 valence electrons. The largest absolute Gasteiger partial charge is 0.355 e. The molecule has 4 heterocycles. The third-order valence-electron chi connectivity index (χ3n) is 6.61. The van der Waals surface area contributed by atoms with Crippen LogP contribution in [0.5, 0.6) is 0 Å². The molecule has 0 saturated carbocycles. The molecule has 32 heavy (non-hydrogen) atoms. The lowest BCUT2D eigenvalue weighted by atomic mass is 9.97. The number of carbonyl (C=O) groups is 1. The molecule has 2 aliphatic rings. The van der Waals surface area contributed by atoms with Crippen LogP contribution in [0, 0.1) is 5.82 Å². The number of halogens is 1. The molecule has 1 fully saturated rings. The molecule has 1 amide bonds. The van der Waals surface area contributed by atoms with E-state index in [4.69, 9.17) is 4.52 Å². The van der Waals surface area contributed by atoms with Crippen LogP contribution in [0.3, 0.4) is 0 Å². The number of hydrogen-bond acceptors (Lipinski definition) is 4. The van der Waals surface area contributed by atoms with E-state index in [1.807, 2.05) is 41.0 Å². The Bertz CT molecular complexity index is 1370. The molecule has 4 aromatic rings. The molecule has 6 rings (SSSR count). The molecule has 0 aliphatic carbocycles. The maximum atomic E-state index is 13.6. The number of rotatable bonds is 3. The lowest BCUT2D eigenvalue weighted by Gasteiger charge is -2.34. The first-order chi connectivity index (χ1) is 15.6. The van der Waals surface area contributed by atoms with Crippen LogP contribution >= 0.6 is 0 Å². The first kappa shape index (κ1) is 19.0. The van der Waals surface area contributed by atoms with E-state index in [0.717, 1.165) is 35.9 Å². The number of benzene rings is 2. The fourth-order valence-corrected chi connectivity index (χ4v) is 5.06. The minimum Gasteiger partial charge on any atom is -0.355 e. The monoisotopic (exact) mass is 428 g/mol. The van der Waals surface area contributed by atoms with Crippen LogP contribution in [0.1, 0.15) is 35.3 Å². The van der Waals surface area contributed by atoms with Crippen molar-refractivity contribution in [1.29, 1.82) is 0 Å². The van der Waals surface area contributed by atoms with Crippen molar-refractivity contribution in [2.75, 3.05) is 0 Å². The van der Waals surface area contributed by atoms with Gasteiger partial charge in [0, 0.05) is 30.4 Å². The van der Waals surface area contributed by atoms with Crippen LogP contribution in [0.4, 0.5) is 4.39 Å². The van der Waals surface area contributed by atoms with Gasteiger partial charge in [0.05, 0.1) is 17.1 Å². The summed E-state index contributed by atoms with van der Waals surface area (Å²) in [5.41, 5.74) is 4.37. The third kappa shape index (κ3) is 2.96. The summed E-state index contributed by atoms with van der Waals surface area (Å²) < 4.78 is 20.7. The number of hydrogen-bond donors (Lipinski definition) is 0. The van der Waals surface area contributed by atoms with E-state index in [0.29, 0.717) is 16.8 Å². The van der Waals surface area contributed by atoms with Crippen molar-refractivity contribution >= 4 is 22.4 Å². The Hall–Kier alpha value is -3.74. The van der Waals surface area contributed by atoms with Crippen LogP contribution in [0.2, 0.25) is 0 Å². The lowest BCUT2D eigenvalue weighted by Crippen LogP contribution is -2.43. The number of nitrogens with zero attached hydrogens (tertiary/aromatic N) is 4. The second kappa shape index (κ2) is 7.15. The van der Waals surface area contributed by atoms with Gasteiger partial charge >= 0.3 is 0 Å². The van der Waals surface area contributed by atoms with Gasteiger partial charge in [-0.1, -0.05) is 11.2 Å². The van der Waals surface area contributed by atoms with Crippen LogP contribution in [0.25, 0.3) is 27.8 Å². The van der Waals surface area contributed by atoms with Crippen molar-refractivity contribution < 1.29 is 13.7 Å². The van der Waals surface area contributed by atoms with E-state index in [1.54, 1.807) is 18.2 Å². The van der Waals surface area contributed by atoms with E-state index < -0.39 is 0 Å². The van der Waals surface area contributed by atoms with Crippen LogP contribution in [0.15, 0.2) is 65.3 Å². The molecule has 1 saturated heterocycles. The number of amides is 1. The molecule has 2 bridgehead atoms. The Morgan fingerprint density at radius 2 is 1.97 bits per heavy atom. The maximum Gasteiger partial charge on any atom is 0.254 e. The normalized spacial score (nSPS) is 20.1. The standard InChI is InChI=1S/C25H21FN4O2/c1-29-23(10-11-27-29)17-12-19-7-8-20(13-17)30(19)25(31)16-4-9-22-21(14-16)24(32-28-22)15-2-5-18(26)6-3-15/h2-6,9-12,14,19-20H,7-8,13H2,1H3. The highest BCUT2D eigenvalue weighted by atomic mass is 19.1. The van der Waals surface area contributed by atoms with Gasteiger partial charge < -0.3 is 9.42 Å². The second-order valence-corrected chi connectivity index (χ2v) is 8.50. The summed E-state index contributed by atoms with van der Waals surface area (Å²) in [6, 6.07) is 13.8. The second-order valence-electron chi connectivity index (χ2n) is 8.50. The molecule has 0 N–H and O–H groups in total. The number of carbonyl (C=O) groups excluding carboxylic acids is 1. The lowest BCUT2D eigenvalue weighted by molar-refractivity contribution is 0.0692. The van der Waals surface area contributed by atoms with E-state index in [9.17, 15) is 9.18 Å². The van der Waals surface area contributed by atoms with Gasteiger partial charge in [0.25, 0.3) is 5.91 Å². The number of fused-ring (bicyclic) bond motifs is 3. The first-order valence-corrected chi connectivity index (χ1v) is 10.8. The Morgan fingerprint density at radius 3 is 2.72 bits per heavy atom. The summed E-state index contributed by atoms with van der Waals surface area (Å²) in [5, 5.41) is 9.14. The summed E-state index contributed by atoms with van der Waals surface area (Å²) in [5.74, 6) is 0.244. The Kier molecular flexibility index (Phi) is 4.24. The van der Waals surface area contributed by atoms with Gasteiger partial charge in [-0.3, -0.25) is 9.48 Å². The zero-order chi connectivity index (χ0) is 21.8. The summed E-state index contributed by atoms with van der Waals surface area (Å²) in [4.78, 5) is 15.6. The van der Waals surface area contributed by atoms with Crippen molar-refractivity contribution in [3.63, 3.8) is 0 Å².